The van der Waals surface area contributed by atoms with Gasteiger partial charge in [-0.3, -0.25) is 14.6 Å². The largest absolute Gasteiger partial charge is 0.331 e. The molecule has 1 rings (SSSR count). The Morgan fingerprint density at radius 2 is 1.94 bits per heavy atom. The van der Waals surface area contributed by atoms with Gasteiger partial charge in [-0.25, -0.2) is 0 Å². The van der Waals surface area contributed by atoms with E-state index in [0.29, 0.717) is 5.92 Å². The van der Waals surface area contributed by atoms with Crippen molar-refractivity contribution in [3.8, 4) is 0 Å². The zero-order chi connectivity index (χ0) is 13.7. The Labute approximate surface area is 112 Å². The standard InChI is InChI=1S/C14H29N3O/c1-6-16(7-2)11-15(5)14(18)13-8-9-17(13)10-12(3)4/h12-13H,6-11H2,1-5H3. The molecule has 1 atom stereocenters. The van der Waals surface area contributed by atoms with Crippen molar-refractivity contribution < 1.29 is 4.79 Å². The number of rotatable bonds is 7. The van der Waals surface area contributed by atoms with Gasteiger partial charge in [-0.1, -0.05) is 27.7 Å². The Hall–Kier alpha value is -0.610. The van der Waals surface area contributed by atoms with Gasteiger partial charge in [0, 0.05) is 20.1 Å². The van der Waals surface area contributed by atoms with Crippen LogP contribution < -0.4 is 0 Å². The van der Waals surface area contributed by atoms with Crippen LogP contribution in [0.25, 0.3) is 0 Å². The highest BCUT2D eigenvalue weighted by Crippen LogP contribution is 2.20. The van der Waals surface area contributed by atoms with E-state index < -0.39 is 0 Å². The van der Waals surface area contributed by atoms with Crippen LogP contribution in [0.3, 0.4) is 0 Å². The molecule has 0 aromatic heterocycles. The topological polar surface area (TPSA) is 26.8 Å². The summed E-state index contributed by atoms with van der Waals surface area (Å²) in [5.41, 5.74) is 0. The van der Waals surface area contributed by atoms with Gasteiger partial charge >= 0.3 is 0 Å². The number of nitrogens with zero attached hydrogens (tertiary/aromatic N) is 3. The average Bonchev–Trinajstić information content (AvgIpc) is 2.31. The summed E-state index contributed by atoms with van der Waals surface area (Å²) >= 11 is 0. The second-order valence-corrected chi connectivity index (χ2v) is 5.67. The first kappa shape index (κ1) is 15.4. The van der Waals surface area contributed by atoms with Gasteiger partial charge in [-0.15, -0.1) is 0 Å². The van der Waals surface area contributed by atoms with Crippen LogP contribution in [0.5, 0.6) is 0 Å². The van der Waals surface area contributed by atoms with Crippen LogP contribution in [-0.4, -0.2) is 66.5 Å². The van der Waals surface area contributed by atoms with Crippen LogP contribution >= 0.6 is 0 Å². The lowest BCUT2D eigenvalue weighted by Gasteiger charge is -2.43. The van der Waals surface area contributed by atoms with Gasteiger partial charge in [0.15, 0.2) is 0 Å². The Morgan fingerprint density at radius 1 is 1.33 bits per heavy atom. The number of likely N-dealkylation sites (N-methyl/N-ethyl adjacent to an activating group) is 1. The van der Waals surface area contributed by atoms with Gasteiger partial charge in [0.1, 0.15) is 0 Å². The molecule has 1 aliphatic rings. The van der Waals surface area contributed by atoms with Gasteiger partial charge in [-0.2, -0.15) is 0 Å². The van der Waals surface area contributed by atoms with Gasteiger partial charge in [0.2, 0.25) is 5.91 Å². The first-order valence-corrected chi connectivity index (χ1v) is 7.20. The van der Waals surface area contributed by atoms with E-state index >= 15 is 0 Å². The van der Waals surface area contributed by atoms with Crippen molar-refractivity contribution in [2.45, 2.75) is 40.2 Å². The third kappa shape index (κ3) is 3.95. The lowest BCUT2D eigenvalue weighted by atomic mass is 9.99. The Bertz CT molecular complexity index is 264. The first-order chi connectivity index (χ1) is 8.49. The molecule has 18 heavy (non-hydrogen) atoms. The minimum atomic E-state index is 0.132. The number of likely N-dealkylation sites (tertiary alicyclic amines) is 1. The van der Waals surface area contributed by atoms with Gasteiger partial charge in [0.25, 0.3) is 0 Å². The molecule has 106 valence electrons. The van der Waals surface area contributed by atoms with E-state index in [1.54, 1.807) is 0 Å². The molecule has 0 spiro atoms. The van der Waals surface area contributed by atoms with E-state index in [0.717, 1.165) is 39.3 Å². The predicted octanol–water partition coefficient (Wildman–Crippen LogP) is 1.47. The van der Waals surface area contributed by atoms with Crippen LogP contribution in [0.4, 0.5) is 0 Å². The van der Waals surface area contributed by atoms with E-state index in [9.17, 15) is 4.79 Å². The van der Waals surface area contributed by atoms with Crippen LogP contribution in [0.15, 0.2) is 0 Å². The van der Waals surface area contributed by atoms with Crippen LogP contribution in [0, 0.1) is 5.92 Å². The fraction of sp³-hybridized carbons (Fsp3) is 0.929. The molecule has 1 amide bonds. The quantitative estimate of drug-likeness (QED) is 0.645. The summed E-state index contributed by atoms with van der Waals surface area (Å²) in [5.74, 6) is 0.919. The molecule has 1 saturated heterocycles. The Kier molecular flexibility index (Phi) is 6.09. The summed E-state index contributed by atoms with van der Waals surface area (Å²) in [6, 6.07) is 0.132. The SMILES string of the molecule is CCN(CC)CN(C)C(=O)C1CCN1CC(C)C. The zero-order valence-electron chi connectivity index (χ0n) is 12.6. The molecule has 1 aliphatic heterocycles. The molecule has 0 N–H and O–H groups in total. The summed E-state index contributed by atoms with van der Waals surface area (Å²) in [4.78, 5) is 18.8. The lowest BCUT2D eigenvalue weighted by molar-refractivity contribution is -0.142. The summed E-state index contributed by atoms with van der Waals surface area (Å²) in [6.45, 7) is 13.5. The number of amides is 1. The molecule has 0 aliphatic carbocycles. The molecule has 0 bridgehead atoms. The highest BCUT2D eigenvalue weighted by Gasteiger charge is 2.35. The molecule has 1 fully saturated rings. The van der Waals surface area contributed by atoms with E-state index in [2.05, 4.69) is 37.5 Å². The normalized spacial score (nSPS) is 20.3. The first-order valence-electron chi connectivity index (χ1n) is 7.20. The molecule has 1 unspecified atom stereocenters. The van der Waals surface area contributed by atoms with E-state index in [1.165, 1.54) is 0 Å². The Morgan fingerprint density at radius 3 is 2.33 bits per heavy atom. The summed E-state index contributed by atoms with van der Waals surface area (Å²) in [7, 11) is 1.92. The summed E-state index contributed by atoms with van der Waals surface area (Å²) < 4.78 is 0. The van der Waals surface area contributed by atoms with Gasteiger partial charge in [-0.05, 0) is 25.4 Å². The maximum absolute atomic E-state index is 12.3. The molecule has 0 aromatic rings. The molecular formula is C14H29N3O. The van der Waals surface area contributed by atoms with Crippen molar-refractivity contribution in [3.63, 3.8) is 0 Å². The molecule has 0 saturated carbocycles. The van der Waals surface area contributed by atoms with E-state index in [4.69, 9.17) is 0 Å². The lowest BCUT2D eigenvalue weighted by Crippen LogP contribution is -2.58. The van der Waals surface area contributed by atoms with Crippen molar-refractivity contribution in [3.05, 3.63) is 0 Å². The minimum Gasteiger partial charge on any atom is -0.331 e. The van der Waals surface area contributed by atoms with Crippen molar-refractivity contribution in [2.75, 3.05) is 39.9 Å². The van der Waals surface area contributed by atoms with E-state index in [1.807, 2.05) is 11.9 Å². The van der Waals surface area contributed by atoms with Crippen LogP contribution in [0.2, 0.25) is 0 Å². The fourth-order valence-corrected chi connectivity index (χ4v) is 2.46. The van der Waals surface area contributed by atoms with Crippen LogP contribution in [0.1, 0.15) is 34.1 Å². The third-order valence-corrected chi connectivity index (χ3v) is 3.70. The molecule has 0 radical (unpaired) electrons. The summed E-state index contributed by atoms with van der Waals surface area (Å²) in [5, 5.41) is 0. The fourth-order valence-electron chi connectivity index (χ4n) is 2.46. The second kappa shape index (κ2) is 7.10. The second-order valence-electron chi connectivity index (χ2n) is 5.67. The van der Waals surface area contributed by atoms with Crippen molar-refractivity contribution in [1.29, 1.82) is 0 Å². The maximum Gasteiger partial charge on any atom is 0.240 e. The molecule has 1 heterocycles. The number of carbonyl (C=O) groups is 1. The van der Waals surface area contributed by atoms with Gasteiger partial charge in [0.05, 0.1) is 12.7 Å². The summed E-state index contributed by atoms with van der Waals surface area (Å²) in [6.07, 6.45) is 1.02. The van der Waals surface area contributed by atoms with Crippen molar-refractivity contribution in [2.24, 2.45) is 5.92 Å². The predicted molar refractivity (Wildman–Crippen MR) is 75.4 cm³/mol. The third-order valence-electron chi connectivity index (χ3n) is 3.70. The van der Waals surface area contributed by atoms with Gasteiger partial charge < -0.3 is 4.90 Å². The monoisotopic (exact) mass is 255 g/mol. The molecule has 4 nitrogen and oxygen atoms in total. The van der Waals surface area contributed by atoms with Crippen LogP contribution in [-0.2, 0) is 4.79 Å². The number of hydrogen-bond donors (Lipinski definition) is 0. The molecule has 0 aromatic carbocycles. The van der Waals surface area contributed by atoms with E-state index in [-0.39, 0.29) is 11.9 Å². The number of hydrogen-bond acceptors (Lipinski definition) is 3. The minimum absolute atomic E-state index is 0.132. The van der Waals surface area contributed by atoms with Crippen molar-refractivity contribution in [1.82, 2.24) is 14.7 Å². The molecule has 4 heteroatoms. The molecular weight excluding hydrogens is 226 g/mol. The smallest absolute Gasteiger partial charge is 0.240 e. The average molecular weight is 255 g/mol. The zero-order valence-corrected chi connectivity index (χ0v) is 12.6. The number of carbonyl (C=O) groups excluding carboxylic acids is 1. The highest BCUT2D eigenvalue weighted by molar-refractivity contribution is 5.82. The highest BCUT2D eigenvalue weighted by atomic mass is 16.2. The van der Waals surface area contributed by atoms with Crippen molar-refractivity contribution >= 4 is 5.91 Å². The Balaban J connectivity index is 2.43. The maximum atomic E-state index is 12.3.